The molecule has 2 heterocycles. The van der Waals surface area contributed by atoms with E-state index in [1.54, 1.807) is 0 Å². The first-order valence-electron chi connectivity index (χ1n) is 14.3. The van der Waals surface area contributed by atoms with E-state index < -0.39 is 0 Å². The third-order valence-corrected chi connectivity index (χ3v) is 7.14. The minimum Gasteiger partial charge on any atom is -0.355 e. The van der Waals surface area contributed by atoms with Gasteiger partial charge in [0.15, 0.2) is 0 Å². The van der Waals surface area contributed by atoms with Crippen molar-refractivity contribution in [2.75, 3.05) is 53.0 Å². The first-order valence-corrected chi connectivity index (χ1v) is 14.3. The first-order chi connectivity index (χ1) is 17.3. The lowest BCUT2D eigenvalue weighted by Gasteiger charge is -2.32. The van der Waals surface area contributed by atoms with Gasteiger partial charge in [-0.3, -0.25) is 9.59 Å². The van der Waals surface area contributed by atoms with E-state index in [0.717, 1.165) is 77.5 Å². The first kappa shape index (κ1) is 31.0. The van der Waals surface area contributed by atoms with E-state index >= 15 is 0 Å². The SMILES string of the molecule is CC(C)OCOCC1CCN(C(=O)CCCCCCC(=O)N2CCC(COCOC(C)C)CC2)CC1. The second kappa shape index (κ2) is 18.1. The summed E-state index contributed by atoms with van der Waals surface area (Å²) >= 11 is 0. The van der Waals surface area contributed by atoms with E-state index in [2.05, 4.69) is 0 Å². The van der Waals surface area contributed by atoms with Gasteiger partial charge in [-0.2, -0.15) is 0 Å². The molecule has 0 aromatic carbocycles. The van der Waals surface area contributed by atoms with Crippen LogP contribution >= 0.6 is 0 Å². The van der Waals surface area contributed by atoms with Crippen molar-refractivity contribution in [2.45, 2.75) is 104 Å². The zero-order valence-corrected chi connectivity index (χ0v) is 23.4. The third kappa shape index (κ3) is 13.4. The molecule has 0 saturated carbocycles. The standard InChI is InChI=1S/C28H52N2O6/c1-23(2)35-21-33-19-25-11-15-29(16-12-25)27(31)9-7-5-6-8-10-28(32)30-17-13-26(14-18-30)20-34-22-36-24(3)4/h23-26H,5-22H2,1-4H3. The van der Waals surface area contributed by atoms with Gasteiger partial charge in [-0.1, -0.05) is 12.8 Å². The molecule has 2 saturated heterocycles. The molecule has 0 radical (unpaired) electrons. The van der Waals surface area contributed by atoms with Gasteiger partial charge < -0.3 is 28.7 Å². The number of unbranched alkanes of at least 4 members (excludes halogenated alkanes) is 3. The number of amides is 2. The summed E-state index contributed by atoms with van der Waals surface area (Å²) in [6.07, 6.45) is 9.49. The molecule has 0 aliphatic carbocycles. The molecule has 2 rings (SSSR count). The summed E-state index contributed by atoms with van der Waals surface area (Å²) in [4.78, 5) is 29.1. The van der Waals surface area contributed by atoms with E-state index in [9.17, 15) is 9.59 Å². The fourth-order valence-corrected chi connectivity index (χ4v) is 4.72. The Kier molecular flexibility index (Phi) is 15.6. The average molecular weight is 513 g/mol. The molecular formula is C28H52N2O6. The zero-order chi connectivity index (χ0) is 26.2. The van der Waals surface area contributed by atoms with Crippen molar-refractivity contribution in [1.82, 2.24) is 9.80 Å². The number of nitrogens with zero attached hydrogens (tertiary/aromatic N) is 2. The molecule has 36 heavy (non-hydrogen) atoms. The predicted octanol–water partition coefficient (Wildman–Crippen LogP) is 4.60. The van der Waals surface area contributed by atoms with Gasteiger partial charge in [-0.15, -0.1) is 0 Å². The van der Waals surface area contributed by atoms with Crippen LogP contribution in [0.15, 0.2) is 0 Å². The average Bonchev–Trinajstić information content (AvgIpc) is 2.86. The van der Waals surface area contributed by atoms with Gasteiger partial charge in [0, 0.05) is 39.0 Å². The molecule has 2 fully saturated rings. The van der Waals surface area contributed by atoms with Crippen LogP contribution in [-0.4, -0.2) is 86.8 Å². The molecule has 0 bridgehead atoms. The molecule has 8 heteroatoms. The van der Waals surface area contributed by atoms with Crippen molar-refractivity contribution in [3.63, 3.8) is 0 Å². The van der Waals surface area contributed by atoms with E-state index in [0.29, 0.717) is 51.5 Å². The summed E-state index contributed by atoms with van der Waals surface area (Å²) in [5.74, 6) is 1.59. The second-order valence-electron chi connectivity index (χ2n) is 11.0. The van der Waals surface area contributed by atoms with Gasteiger partial charge >= 0.3 is 0 Å². The number of piperidine rings is 2. The van der Waals surface area contributed by atoms with Crippen molar-refractivity contribution < 1.29 is 28.5 Å². The molecule has 2 aliphatic rings. The van der Waals surface area contributed by atoms with Crippen molar-refractivity contribution >= 4 is 11.8 Å². The Bertz CT molecular complexity index is 547. The molecule has 0 aromatic rings. The summed E-state index contributed by atoms with van der Waals surface area (Å²) in [6.45, 7) is 13.5. The highest BCUT2D eigenvalue weighted by Crippen LogP contribution is 2.20. The van der Waals surface area contributed by atoms with E-state index in [4.69, 9.17) is 18.9 Å². The van der Waals surface area contributed by atoms with Crippen LogP contribution in [-0.2, 0) is 28.5 Å². The Labute approximate surface area is 219 Å². The molecule has 0 unspecified atom stereocenters. The van der Waals surface area contributed by atoms with Crippen LogP contribution in [0.2, 0.25) is 0 Å². The molecule has 8 nitrogen and oxygen atoms in total. The van der Waals surface area contributed by atoms with Crippen LogP contribution in [0.5, 0.6) is 0 Å². The maximum Gasteiger partial charge on any atom is 0.222 e. The molecule has 0 atom stereocenters. The minimum absolute atomic E-state index is 0.189. The van der Waals surface area contributed by atoms with Gasteiger partial charge in [-0.05, 0) is 78.1 Å². The van der Waals surface area contributed by atoms with E-state index in [-0.39, 0.29) is 24.0 Å². The topological polar surface area (TPSA) is 77.5 Å². The maximum atomic E-state index is 12.5. The van der Waals surface area contributed by atoms with E-state index in [1.165, 1.54) is 0 Å². The van der Waals surface area contributed by atoms with Crippen LogP contribution in [0.1, 0.15) is 91.9 Å². The molecule has 0 N–H and O–H groups in total. The van der Waals surface area contributed by atoms with Crippen LogP contribution in [0.3, 0.4) is 0 Å². The number of ether oxygens (including phenoxy) is 4. The smallest absolute Gasteiger partial charge is 0.222 e. The Balaban J connectivity index is 1.43. The lowest BCUT2D eigenvalue weighted by Crippen LogP contribution is -2.39. The number of rotatable bonds is 17. The number of hydrogen-bond donors (Lipinski definition) is 0. The van der Waals surface area contributed by atoms with Gasteiger partial charge in [0.1, 0.15) is 13.6 Å². The zero-order valence-electron chi connectivity index (χ0n) is 23.4. The van der Waals surface area contributed by atoms with Crippen molar-refractivity contribution in [1.29, 1.82) is 0 Å². The molecule has 2 aliphatic heterocycles. The summed E-state index contributed by atoms with van der Waals surface area (Å²) < 4.78 is 22.0. The van der Waals surface area contributed by atoms with Crippen LogP contribution < -0.4 is 0 Å². The number of likely N-dealkylation sites (tertiary alicyclic amines) is 2. The van der Waals surface area contributed by atoms with Gasteiger partial charge in [0.25, 0.3) is 0 Å². The van der Waals surface area contributed by atoms with Crippen LogP contribution in [0.25, 0.3) is 0 Å². The Morgan fingerprint density at radius 3 is 1.33 bits per heavy atom. The number of carbonyl (C=O) groups is 2. The second-order valence-corrected chi connectivity index (χ2v) is 11.0. The van der Waals surface area contributed by atoms with Gasteiger partial charge in [-0.25, -0.2) is 0 Å². The highest BCUT2D eigenvalue weighted by molar-refractivity contribution is 5.76. The maximum absolute atomic E-state index is 12.5. The lowest BCUT2D eigenvalue weighted by molar-refractivity contribution is -0.134. The quantitative estimate of drug-likeness (QED) is 0.209. The van der Waals surface area contributed by atoms with Gasteiger partial charge in [0.05, 0.1) is 25.4 Å². The summed E-state index contributed by atoms with van der Waals surface area (Å²) in [6, 6.07) is 0. The van der Waals surface area contributed by atoms with Crippen LogP contribution in [0, 0.1) is 11.8 Å². The summed E-state index contributed by atoms with van der Waals surface area (Å²) in [5.41, 5.74) is 0. The van der Waals surface area contributed by atoms with E-state index in [1.807, 2.05) is 37.5 Å². The van der Waals surface area contributed by atoms with Crippen molar-refractivity contribution in [2.24, 2.45) is 11.8 Å². The Hall–Kier alpha value is -1.22. The molecular weight excluding hydrogens is 460 g/mol. The fraction of sp³-hybridized carbons (Fsp3) is 0.929. The van der Waals surface area contributed by atoms with Crippen molar-refractivity contribution in [3.05, 3.63) is 0 Å². The summed E-state index contributed by atoms with van der Waals surface area (Å²) in [7, 11) is 0. The summed E-state index contributed by atoms with van der Waals surface area (Å²) in [5, 5.41) is 0. The van der Waals surface area contributed by atoms with Crippen LogP contribution in [0.4, 0.5) is 0 Å². The Morgan fingerprint density at radius 2 is 1.00 bits per heavy atom. The lowest BCUT2D eigenvalue weighted by atomic mass is 9.97. The molecule has 0 spiro atoms. The monoisotopic (exact) mass is 512 g/mol. The normalized spacial score (nSPS) is 17.9. The fourth-order valence-electron chi connectivity index (χ4n) is 4.72. The predicted molar refractivity (Wildman–Crippen MR) is 140 cm³/mol. The third-order valence-electron chi connectivity index (χ3n) is 7.14. The van der Waals surface area contributed by atoms with Gasteiger partial charge in [0.2, 0.25) is 11.8 Å². The molecule has 0 aromatic heterocycles. The highest BCUT2D eigenvalue weighted by Gasteiger charge is 2.24. The van der Waals surface area contributed by atoms with Crippen molar-refractivity contribution in [3.8, 4) is 0 Å². The highest BCUT2D eigenvalue weighted by atomic mass is 16.7. The molecule has 2 amide bonds. The number of carbonyl (C=O) groups excluding carboxylic acids is 2. The number of hydrogen-bond acceptors (Lipinski definition) is 6. The Morgan fingerprint density at radius 1 is 0.639 bits per heavy atom. The largest absolute Gasteiger partial charge is 0.355 e. The minimum atomic E-state index is 0.189. The molecule has 210 valence electrons.